The molecule has 3 nitrogen and oxygen atoms in total. The Morgan fingerprint density at radius 3 is 2.59 bits per heavy atom. The molecule has 0 bridgehead atoms. The van der Waals surface area contributed by atoms with E-state index in [0.29, 0.717) is 5.92 Å². The summed E-state index contributed by atoms with van der Waals surface area (Å²) in [6.07, 6.45) is 0.466. The Labute approximate surface area is 103 Å². The van der Waals surface area contributed by atoms with Crippen LogP contribution in [0.3, 0.4) is 0 Å². The van der Waals surface area contributed by atoms with Gasteiger partial charge in [-0.3, -0.25) is 0 Å². The van der Waals surface area contributed by atoms with Crippen molar-refractivity contribution in [1.82, 2.24) is 0 Å². The van der Waals surface area contributed by atoms with Gasteiger partial charge in [0.05, 0.1) is 0 Å². The van der Waals surface area contributed by atoms with Gasteiger partial charge >= 0.3 is 6.09 Å². The molecule has 1 amide bonds. The zero-order chi connectivity index (χ0) is 12.7. The fourth-order valence-corrected chi connectivity index (χ4v) is 1.30. The molecule has 0 aliphatic carbocycles. The van der Waals surface area contributed by atoms with Crippen LogP contribution in [0.2, 0.25) is 0 Å². The van der Waals surface area contributed by atoms with Gasteiger partial charge in [-0.2, -0.15) is 4.99 Å². The van der Waals surface area contributed by atoms with Gasteiger partial charge in [-0.15, -0.1) is 0 Å². The molecule has 1 rings (SSSR count). The molecule has 0 heterocycles. The molecule has 0 N–H and O–H groups in total. The Morgan fingerprint density at radius 1 is 1.35 bits per heavy atom. The average Bonchev–Trinajstić information content (AvgIpc) is 2.36. The maximum absolute atomic E-state index is 11.4. The summed E-state index contributed by atoms with van der Waals surface area (Å²) in [6.45, 7) is 6.25. The summed E-state index contributed by atoms with van der Waals surface area (Å²) in [7, 11) is 0. The third kappa shape index (κ3) is 4.81. The molecule has 1 aromatic rings. The second-order valence-corrected chi connectivity index (χ2v) is 4.10. The maximum atomic E-state index is 11.4. The quantitative estimate of drug-likeness (QED) is 0.741. The van der Waals surface area contributed by atoms with Crippen molar-refractivity contribution in [1.29, 1.82) is 0 Å². The first-order chi connectivity index (χ1) is 8.13. The summed E-state index contributed by atoms with van der Waals surface area (Å²) in [6, 6.07) is 9.58. The highest BCUT2D eigenvalue weighted by molar-refractivity contribution is 5.92. The Morgan fingerprint density at radius 2 is 2.00 bits per heavy atom. The highest BCUT2D eigenvalue weighted by Crippen LogP contribution is 2.06. The van der Waals surface area contributed by atoms with Crippen LogP contribution in [-0.2, 0) is 11.3 Å². The van der Waals surface area contributed by atoms with Crippen LogP contribution in [0.4, 0.5) is 4.79 Å². The number of ether oxygens (including phenoxy) is 1. The van der Waals surface area contributed by atoms with Crippen LogP contribution in [0.1, 0.15) is 32.8 Å². The van der Waals surface area contributed by atoms with Crippen molar-refractivity contribution in [2.45, 2.75) is 33.8 Å². The lowest BCUT2D eigenvalue weighted by Crippen LogP contribution is -2.09. The monoisotopic (exact) mass is 233 g/mol. The van der Waals surface area contributed by atoms with Gasteiger partial charge in [0.2, 0.25) is 0 Å². The van der Waals surface area contributed by atoms with Gasteiger partial charge in [0, 0.05) is 5.71 Å². The molecule has 0 aliphatic heterocycles. The number of hydrogen-bond acceptors (Lipinski definition) is 2. The van der Waals surface area contributed by atoms with E-state index in [1.54, 1.807) is 0 Å². The van der Waals surface area contributed by atoms with Crippen LogP contribution >= 0.6 is 0 Å². The molecule has 3 heteroatoms. The molecule has 0 aliphatic rings. The summed E-state index contributed by atoms with van der Waals surface area (Å²) >= 11 is 0. The first kappa shape index (κ1) is 13.4. The highest BCUT2D eigenvalue weighted by atomic mass is 16.5. The van der Waals surface area contributed by atoms with Crippen LogP contribution in [-0.4, -0.2) is 11.8 Å². The zero-order valence-electron chi connectivity index (χ0n) is 10.6. The Bertz CT molecular complexity index is 384. The van der Waals surface area contributed by atoms with Gasteiger partial charge in [0.1, 0.15) is 6.61 Å². The number of carbonyl (C=O) groups is 1. The van der Waals surface area contributed by atoms with E-state index in [-0.39, 0.29) is 6.61 Å². The molecule has 1 aromatic carbocycles. The smallest absolute Gasteiger partial charge is 0.433 e. The van der Waals surface area contributed by atoms with Crippen LogP contribution in [0, 0.1) is 5.92 Å². The van der Waals surface area contributed by atoms with Gasteiger partial charge in [-0.05, 0) is 24.8 Å². The van der Waals surface area contributed by atoms with Gasteiger partial charge in [0.25, 0.3) is 0 Å². The lowest BCUT2D eigenvalue weighted by molar-refractivity contribution is 0.150. The first-order valence-corrected chi connectivity index (χ1v) is 5.89. The summed E-state index contributed by atoms with van der Waals surface area (Å²) < 4.78 is 5.07. The Kier molecular flexibility index (Phi) is 5.40. The number of rotatable bonds is 4. The number of benzene rings is 1. The summed E-state index contributed by atoms with van der Waals surface area (Å²) in [4.78, 5) is 15.4. The van der Waals surface area contributed by atoms with Gasteiger partial charge in [-0.1, -0.05) is 44.2 Å². The molecule has 0 fully saturated rings. The molecule has 1 atom stereocenters. The van der Waals surface area contributed by atoms with Crippen molar-refractivity contribution in [3.05, 3.63) is 35.9 Å². The minimum Gasteiger partial charge on any atom is -0.443 e. The number of nitrogens with zero attached hydrogens (tertiary/aromatic N) is 1. The summed E-state index contributed by atoms with van der Waals surface area (Å²) in [5.41, 5.74) is 1.79. The third-order valence-corrected chi connectivity index (χ3v) is 2.80. The van der Waals surface area contributed by atoms with E-state index in [1.165, 1.54) is 0 Å². The van der Waals surface area contributed by atoms with E-state index in [1.807, 2.05) is 44.2 Å². The van der Waals surface area contributed by atoms with Crippen LogP contribution in [0.15, 0.2) is 35.3 Å². The molecule has 0 spiro atoms. The fraction of sp³-hybridized carbons (Fsp3) is 0.429. The summed E-state index contributed by atoms with van der Waals surface area (Å²) in [5, 5.41) is 0. The van der Waals surface area contributed by atoms with Gasteiger partial charge in [0.15, 0.2) is 0 Å². The molecule has 0 saturated carbocycles. The molecule has 0 unspecified atom stereocenters. The number of aliphatic imine (C=N–C) groups is 1. The molecular formula is C14H19NO2. The lowest BCUT2D eigenvalue weighted by Gasteiger charge is -2.07. The summed E-state index contributed by atoms with van der Waals surface area (Å²) in [5.74, 6) is 0.319. The van der Waals surface area contributed by atoms with Gasteiger partial charge < -0.3 is 4.74 Å². The van der Waals surface area contributed by atoms with Crippen molar-refractivity contribution in [3.8, 4) is 0 Å². The molecule has 92 valence electrons. The molecule has 0 aromatic heterocycles. The minimum atomic E-state index is -0.508. The van der Waals surface area contributed by atoms with E-state index >= 15 is 0 Å². The average molecular weight is 233 g/mol. The van der Waals surface area contributed by atoms with Crippen LogP contribution in [0.5, 0.6) is 0 Å². The number of carbonyl (C=O) groups excluding carboxylic acids is 1. The lowest BCUT2D eigenvalue weighted by atomic mass is 10.0. The highest BCUT2D eigenvalue weighted by Gasteiger charge is 2.06. The first-order valence-electron chi connectivity index (χ1n) is 5.89. The standard InChI is InChI=1S/C14H19NO2/c1-4-11(2)12(3)15-14(16)17-10-13-8-6-5-7-9-13/h5-9,11H,4,10H2,1-3H3/t11-/m1/s1. The Hall–Kier alpha value is -1.64. The molecule has 0 radical (unpaired) electrons. The molecule has 0 saturated heterocycles. The second-order valence-electron chi connectivity index (χ2n) is 4.10. The van der Waals surface area contributed by atoms with Crippen molar-refractivity contribution in [2.75, 3.05) is 0 Å². The topological polar surface area (TPSA) is 38.7 Å². The van der Waals surface area contributed by atoms with Crippen molar-refractivity contribution < 1.29 is 9.53 Å². The van der Waals surface area contributed by atoms with E-state index in [2.05, 4.69) is 11.9 Å². The van der Waals surface area contributed by atoms with E-state index in [9.17, 15) is 4.79 Å². The van der Waals surface area contributed by atoms with E-state index in [4.69, 9.17) is 4.74 Å². The van der Waals surface area contributed by atoms with Crippen LogP contribution < -0.4 is 0 Å². The fourth-order valence-electron chi connectivity index (χ4n) is 1.30. The second kappa shape index (κ2) is 6.84. The number of amides is 1. The van der Waals surface area contributed by atoms with Crippen molar-refractivity contribution in [3.63, 3.8) is 0 Å². The zero-order valence-corrected chi connectivity index (χ0v) is 10.6. The maximum Gasteiger partial charge on any atom is 0.433 e. The number of hydrogen-bond donors (Lipinski definition) is 0. The molecular weight excluding hydrogens is 214 g/mol. The normalized spacial score (nSPS) is 13.2. The van der Waals surface area contributed by atoms with E-state index < -0.39 is 6.09 Å². The minimum absolute atomic E-state index is 0.275. The SMILES string of the molecule is CC[C@@H](C)C(C)=NC(=O)OCc1ccccc1. The largest absolute Gasteiger partial charge is 0.443 e. The predicted molar refractivity (Wildman–Crippen MR) is 69.2 cm³/mol. The van der Waals surface area contributed by atoms with E-state index in [0.717, 1.165) is 17.7 Å². The third-order valence-electron chi connectivity index (χ3n) is 2.80. The van der Waals surface area contributed by atoms with Crippen molar-refractivity contribution >= 4 is 11.8 Å². The Balaban J connectivity index is 2.45. The van der Waals surface area contributed by atoms with Crippen LogP contribution in [0.25, 0.3) is 0 Å². The van der Waals surface area contributed by atoms with Crippen molar-refractivity contribution in [2.24, 2.45) is 10.9 Å². The van der Waals surface area contributed by atoms with Gasteiger partial charge in [-0.25, -0.2) is 4.79 Å². The predicted octanol–water partition coefficient (Wildman–Crippen LogP) is 3.83. The molecule has 17 heavy (non-hydrogen) atoms.